The van der Waals surface area contributed by atoms with Crippen molar-refractivity contribution in [3.05, 3.63) is 0 Å². The molecule has 0 aromatic carbocycles. The third kappa shape index (κ3) is 2.64. The van der Waals surface area contributed by atoms with Crippen molar-refractivity contribution in [2.24, 2.45) is 5.21 Å². The molecule has 0 aliphatic carbocycles. The average Bonchev–Trinajstić information content (AvgIpc) is 1.85. The van der Waals surface area contributed by atoms with Gasteiger partial charge < -0.3 is 0 Å². The first-order chi connectivity index (χ1) is 5.30. The number of hydrogen-bond donors (Lipinski definition) is 0. The van der Waals surface area contributed by atoms with E-state index in [1.54, 1.807) is 0 Å². The predicted octanol–water partition coefficient (Wildman–Crippen LogP) is 2.24. The molecule has 0 aromatic heterocycles. The molecule has 0 N–H and O–H groups in total. The van der Waals surface area contributed by atoms with Crippen molar-refractivity contribution in [2.45, 2.75) is 12.5 Å². The van der Waals surface area contributed by atoms with E-state index in [-0.39, 0.29) is 0 Å². The van der Waals surface area contributed by atoms with Gasteiger partial charge in [0.2, 0.25) is 5.71 Å². The van der Waals surface area contributed by atoms with Crippen molar-refractivity contribution < 1.29 is 31.0 Å². The quantitative estimate of drug-likeness (QED) is 0.287. The Morgan fingerprint density at radius 1 is 1.25 bits per heavy atom. The molecule has 1 atom stereocenters. The fourth-order valence-electron chi connectivity index (χ4n) is 0.316. The molecule has 0 aromatic rings. The van der Waals surface area contributed by atoms with Gasteiger partial charge in [-0.25, -0.2) is 4.39 Å². The third-order valence-corrected chi connectivity index (χ3v) is 0.778. The minimum absolute atomic E-state index is 0.875. The van der Waals surface area contributed by atoms with Crippen LogP contribution in [0.15, 0.2) is 5.21 Å². The molecule has 0 amide bonds. The monoisotopic (exact) mass is 198 g/mol. The molecular weight excluding hydrogens is 197 g/mol. The summed E-state index contributed by atoms with van der Waals surface area (Å²) >= 11 is 0. The zero-order valence-corrected chi connectivity index (χ0v) is 5.12. The number of nitrogens with zero attached hydrogens (tertiary/aromatic N) is 2. The van der Waals surface area contributed by atoms with Gasteiger partial charge in [-0.2, -0.15) is 13.2 Å². The van der Waals surface area contributed by atoms with Gasteiger partial charge in [-0.05, 0) is 0 Å². The van der Waals surface area contributed by atoms with Crippen molar-refractivity contribution in [3.8, 4) is 0 Å². The first kappa shape index (κ1) is 11.1. The lowest BCUT2D eigenvalue weighted by atomic mass is 10.3. The van der Waals surface area contributed by atoms with Crippen LogP contribution in [-0.2, 0) is 0 Å². The molecule has 0 aliphatic rings. The van der Waals surface area contributed by atoms with Crippen molar-refractivity contribution in [1.82, 2.24) is 5.34 Å². The Morgan fingerprint density at radius 2 is 1.67 bits per heavy atom. The molecule has 0 rings (SSSR count). The van der Waals surface area contributed by atoms with Crippen LogP contribution >= 0.6 is 0 Å². The van der Waals surface area contributed by atoms with E-state index in [9.17, 15) is 31.0 Å². The Bertz CT molecular complexity index is 172. The highest BCUT2D eigenvalue weighted by molar-refractivity contribution is 5.92. The Hall–Kier alpha value is -0.860. The van der Waals surface area contributed by atoms with Crippen LogP contribution < -0.4 is 0 Å². The van der Waals surface area contributed by atoms with E-state index >= 15 is 0 Å². The largest absolute Gasteiger partial charge is 0.436 e. The lowest BCUT2D eigenvalue weighted by Gasteiger charge is -2.11. The lowest BCUT2D eigenvalue weighted by molar-refractivity contribution is -0.208. The Balaban J connectivity index is 4.60. The van der Waals surface area contributed by atoms with E-state index in [1.165, 1.54) is 0 Å². The van der Waals surface area contributed by atoms with Gasteiger partial charge in [0.1, 0.15) is 0 Å². The SMILES string of the molecule is F/N=C(/C(F)N(F)F)C(F)(F)F. The molecule has 0 saturated heterocycles. The molecular formula is C3HF7N2. The van der Waals surface area contributed by atoms with Crippen molar-refractivity contribution in [1.29, 1.82) is 0 Å². The molecule has 0 bridgehead atoms. The zero-order chi connectivity index (χ0) is 9.94. The lowest BCUT2D eigenvalue weighted by Crippen LogP contribution is -2.37. The summed E-state index contributed by atoms with van der Waals surface area (Å²) in [5.74, 6) is 0. The van der Waals surface area contributed by atoms with Gasteiger partial charge in [0.05, 0.1) is 5.34 Å². The van der Waals surface area contributed by atoms with Crippen LogP contribution in [0.2, 0.25) is 0 Å². The molecule has 0 radical (unpaired) electrons. The van der Waals surface area contributed by atoms with Crippen LogP contribution in [0.1, 0.15) is 0 Å². The standard InChI is InChI=1S/C3HF7N2/c4-2(12(9)10)1(11-8)3(5,6)7/h2H/b11-1-. The second-order valence-corrected chi connectivity index (χ2v) is 1.56. The van der Waals surface area contributed by atoms with E-state index in [0.29, 0.717) is 0 Å². The summed E-state index contributed by atoms with van der Waals surface area (Å²) in [5, 5.41) is -1.56. The van der Waals surface area contributed by atoms with Gasteiger partial charge in [-0.3, -0.25) is 0 Å². The van der Waals surface area contributed by atoms with Gasteiger partial charge in [0.15, 0.2) is 0 Å². The summed E-state index contributed by atoms with van der Waals surface area (Å²) in [4.78, 5) is 0. The van der Waals surface area contributed by atoms with Gasteiger partial charge in [-0.1, -0.05) is 18.7 Å². The smallest absolute Gasteiger partial charge is 0.217 e. The number of alkyl halides is 4. The summed E-state index contributed by atoms with van der Waals surface area (Å²) in [7, 11) is 0. The second kappa shape index (κ2) is 3.70. The summed E-state index contributed by atoms with van der Waals surface area (Å²) in [6.07, 6.45) is -9.46. The molecule has 2 nitrogen and oxygen atoms in total. The molecule has 0 aliphatic heterocycles. The van der Waals surface area contributed by atoms with Gasteiger partial charge in [-0.15, -0.1) is 0 Å². The van der Waals surface area contributed by atoms with Crippen molar-refractivity contribution in [2.75, 3.05) is 0 Å². The molecule has 0 fully saturated rings. The summed E-state index contributed by atoms with van der Waals surface area (Å²) in [6.45, 7) is 0. The minimum atomic E-state index is -5.55. The summed E-state index contributed by atoms with van der Waals surface area (Å²) in [6, 6.07) is 0. The van der Waals surface area contributed by atoms with E-state index in [1.807, 2.05) is 0 Å². The number of rotatable bonds is 2. The average molecular weight is 198 g/mol. The Labute approximate surface area is 61.1 Å². The first-order valence-electron chi connectivity index (χ1n) is 2.31. The molecule has 0 heterocycles. The van der Waals surface area contributed by atoms with Gasteiger partial charge in [0.25, 0.3) is 6.30 Å². The third-order valence-electron chi connectivity index (χ3n) is 0.778. The Morgan fingerprint density at radius 3 is 1.75 bits per heavy atom. The minimum Gasteiger partial charge on any atom is -0.217 e. The van der Waals surface area contributed by atoms with Crippen molar-refractivity contribution >= 4 is 5.71 Å². The maximum atomic E-state index is 11.8. The number of halogens is 7. The predicted molar refractivity (Wildman–Crippen MR) is 23.5 cm³/mol. The highest BCUT2D eigenvalue weighted by Gasteiger charge is 2.45. The van der Waals surface area contributed by atoms with E-state index in [4.69, 9.17) is 0 Å². The van der Waals surface area contributed by atoms with Gasteiger partial charge in [0, 0.05) is 0 Å². The van der Waals surface area contributed by atoms with Crippen LogP contribution in [-0.4, -0.2) is 23.5 Å². The van der Waals surface area contributed by atoms with Crippen LogP contribution in [0.3, 0.4) is 0 Å². The van der Waals surface area contributed by atoms with E-state index in [0.717, 1.165) is 5.21 Å². The molecule has 12 heavy (non-hydrogen) atoms. The molecule has 0 spiro atoms. The molecule has 9 heteroatoms. The fourth-order valence-corrected chi connectivity index (χ4v) is 0.316. The van der Waals surface area contributed by atoms with E-state index < -0.39 is 23.5 Å². The highest BCUT2D eigenvalue weighted by atomic mass is 19.4. The van der Waals surface area contributed by atoms with Crippen molar-refractivity contribution in [3.63, 3.8) is 0 Å². The molecule has 0 saturated carbocycles. The maximum absolute atomic E-state index is 11.8. The van der Waals surface area contributed by atoms with Gasteiger partial charge >= 0.3 is 6.18 Å². The first-order valence-corrected chi connectivity index (χ1v) is 2.31. The normalized spacial score (nSPS) is 16.8. The fraction of sp³-hybridized carbons (Fsp3) is 0.667. The molecule has 1 unspecified atom stereocenters. The second-order valence-electron chi connectivity index (χ2n) is 1.56. The van der Waals surface area contributed by atoms with Crippen LogP contribution in [0.5, 0.6) is 0 Å². The Kier molecular flexibility index (Phi) is 3.43. The molecule has 72 valence electrons. The van der Waals surface area contributed by atoms with Crippen LogP contribution in [0, 0.1) is 0 Å². The summed E-state index contributed by atoms with van der Waals surface area (Å²) < 4.78 is 79.1. The van der Waals surface area contributed by atoms with Crippen LogP contribution in [0.4, 0.5) is 31.0 Å². The topological polar surface area (TPSA) is 15.6 Å². The summed E-state index contributed by atoms with van der Waals surface area (Å²) in [5.41, 5.74) is -2.83. The zero-order valence-electron chi connectivity index (χ0n) is 5.12. The highest BCUT2D eigenvalue weighted by Crippen LogP contribution is 2.23. The van der Waals surface area contributed by atoms with Crippen LogP contribution in [0.25, 0.3) is 0 Å². The maximum Gasteiger partial charge on any atom is 0.436 e. The number of hydrogen-bond acceptors (Lipinski definition) is 2. The van der Waals surface area contributed by atoms with E-state index in [2.05, 4.69) is 0 Å².